The van der Waals surface area contributed by atoms with Crippen LogP contribution in [0.3, 0.4) is 0 Å². The fraction of sp³-hybridized carbons (Fsp3) is 0.833. The van der Waals surface area contributed by atoms with Crippen molar-refractivity contribution in [2.45, 2.75) is 32.7 Å². The quantitative estimate of drug-likeness (QED) is 0.672. The minimum Gasteiger partial charge on any atom is -0.314 e. The Bertz CT molecular complexity index is 222. The first kappa shape index (κ1) is 10.2. The van der Waals surface area contributed by atoms with Crippen LogP contribution in [0.2, 0.25) is 0 Å². The summed E-state index contributed by atoms with van der Waals surface area (Å²) >= 11 is 0. The molecule has 1 fully saturated rings. The highest BCUT2D eigenvalue weighted by molar-refractivity contribution is 5.04. The lowest BCUT2D eigenvalue weighted by molar-refractivity contribution is 0.235. The predicted molar refractivity (Wildman–Crippen MR) is 60.4 cm³/mol. The monoisotopic (exact) mass is 194 g/mol. The van der Waals surface area contributed by atoms with Crippen LogP contribution in [0.1, 0.15) is 26.7 Å². The molecule has 2 heterocycles. The average Bonchev–Trinajstić information content (AvgIpc) is 2.52. The minimum absolute atomic E-state index is 0.723. The molecule has 2 atom stereocenters. The van der Waals surface area contributed by atoms with Crippen LogP contribution in [0.5, 0.6) is 0 Å². The van der Waals surface area contributed by atoms with E-state index in [-0.39, 0.29) is 0 Å². The van der Waals surface area contributed by atoms with Crippen LogP contribution in [-0.2, 0) is 0 Å². The van der Waals surface area contributed by atoms with E-state index in [2.05, 4.69) is 30.1 Å². The van der Waals surface area contributed by atoms with Crippen LogP contribution < -0.4 is 5.32 Å². The number of nitrogens with one attached hydrogen (secondary N) is 1. The van der Waals surface area contributed by atoms with Gasteiger partial charge in [-0.25, -0.2) is 0 Å². The van der Waals surface area contributed by atoms with Gasteiger partial charge >= 0.3 is 0 Å². The van der Waals surface area contributed by atoms with E-state index in [1.807, 2.05) is 0 Å². The Kier molecular flexibility index (Phi) is 3.24. The molecular formula is C12H22N2. The van der Waals surface area contributed by atoms with E-state index in [4.69, 9.17) is 0 Å². The summed E-state index contributed by atoms with van der Waals surface area (Å²) in [6.07, 6.45) is 4.99. The topological polar surface area (TPSA) is 15.3 Å². The number of hydrogen-bond donors (Lipinski definition) is 1. The zero-order valence-corrected chi connectivity index (χ0v) is 9.42. The third-order valence-corrected chi connectivity index (χ3v) is 3.59. The molecule has 0 aromatic rings. The van der Waals surface area contributed by atoms with E-state index in [1.54, 1.807) is 5.57 Å². The van der Waals surface area contributed by atoms with Crippen molar-refractivity contribution in [2.75, 3.05) is 26.2 Å². The maximum atomic E-state index is 3.53. The Balaban J connectivity index is 1.82. The molecule has 0 radical (unpaired) electrons. The second-order valence-electron chi connectivity index (χ2n) is 4.87. The number of nitrogens with zero attached hydrogens (tertiary/aromatic N) is 1. The second-order valence-corrected chi connectivity index (χ2v) is 4.87. The van der Waals surface area contributed by atoms with Gasteiger partial charge in [0.25, 0.3) is 0 Å². The molecule has 2 heteroatoms. The lowest BCUT2D eigenvalue weighted by Gasteiger charge is -2.29. The Morgan fingerprint density at radius 1 is 1.57 bits per heavy atom. The van der Waals surface area contributed by atoms with Crippen LogP contribution >= 0.6 is 0 Å². The molecule has 0 bridgehead atoms. The van der Waals surface area contributed by atoms with Crippen molar-refractivity contribution in [1.82, 2.24) is 10.2 Å². The molecule has 0 aromatic heterocycles. The van der Waals surface area contributed by atoms with Gasteiger partial charge in [-0.3, -0.25) is 4.90 Å². The van der Waals surface area contributed by atoms with Crippen LogP contribution in [0.15, 0.2) is 11.6 Å². The van der Waals surface area contributed by atoms with Crippen molar-refractivity contribution in [3.63, 3.8) is 0 Å². The van der Waals surface area contributed by atoms with Crippen molar-refractivity contribution in [1.29, 1.82) is 0 Å². The first-order valence-corrected chi connectivity index (χ1v) is 5.87. The molecule has 0 spiro atoms. The lowest BCUT2D eigenvalue weighted by Crippen LogP contribution is -2.37. The Morgan fingerprint density at radius 2 is 2.43 bits per heavy atom. The summed E-state index contributed by atoms with van der Waals surface area (Å²) in [6, 6.07) is 0.723. The van der Waals surface area contributed by atoms with Gasteiger partial charge < -0.3 is 5.32 Å². The zero-order chi connectivity index (χ0) is 9.97. The molecule has 80 valence electrons. The molecule has 1 saturated heterocycles. The highest BCUT2D eigenvalue weighted by Crippen LogP contribution is 2.18. The van der Waals surface area contributed by atoms with E-state index in [0.717, 1.165) is 12.0 Å². The molecule has 2 aliphatic rings. The third kappa shape index (κ3) is 2.37. The fourth-order valence-corrected chi connectivity index (χ4v) is 2.64. The van der Waals surface area contributed by atoms with Gasteiger partial charge in [0.2, 0.25) is 0 Å². The van der Waals surface area contributed by atoms with Crippen molar-refractivity contribution in [3.05, 3.63) is 11.6 Å². The van der Waals surface area contributed by atoms with Gasteiger partial charge in [-0.1, -0.05) is 11.6 Å². The van der Waals surface area contributed by atoms with Gasteiger partial charge in [0, 0.05) is 25.7 Å². The Hall–Kier alpha value is -0.340. The van der Waals surface area contributed by atoms with Crippen molar-refractivity contribution >= 4 is 0 Å². The second kappa shape index (κ2) is 4.45. The van der Waals surface area contributed by atoms with Crippen LogP contribution in [-0.4, -0.2) is 37.1 Å². The van der Waals surface area contributed by atoms with E-state index >= 15 is 0 Å². The molecule has 0 aliphatic carbocycles. The first-order valence-electron chi connectivity index (χ1n) is 5.87. The number of rotatable bonds is 2. The summed E-state index contributed by atoms with van der Waals surface area (Å²) in [5.41, 5.74) is 1.55. The Labute approximate surface area is 87.4 Å². The summed E-state index contributed by atoms with van der Waals surface area (Å²) in [5.74, 6) is 0.876. The fourth-order valence-electron chi connectivity index (χ4n) is 2.64. The summed E-state index contributed by atoms with van der Waals surface area (Å²) in [7, 11) is 0. The molecular weight excluding hydrogens is 172 g/mol. The molecule has 2 aliphatic heterocycles. The highest BCUT2D eigenvalue weighted by Gasteiger charge is 2.25. The molecule has 2 nitrogen and oxygen atoms in total. The standard InChI is InChI=1S/C12H22N2/c1-10-4-3-7-14(8-10)9-12-5-6-13-11(12)2/h4,11-13H,3,5-9H2,1-2H3. The van der Waals surface area contributed by atoms with Crippen molar-refractivity contribution < 1.29 is 0 Å². The lowest BCUT2D eigenvalue weighted by atomic mass is 10.00. The summed E-state index contributed by atoms with van der Waals surface area (Å²) in [5, 5.41) is 3.53. The van der Waals surface area contributed by atoms with Gasteiger partial charge in [-0.2, -0.15) is 0 Å². The molecule has 14 heavy (non-hydrogen) atoms. The predicted octanol–water partition coefficient (Wildman–Crippen LogP) is 1.64. The largest absolute Gasteiger partial charge is 0.314 e. The average molecular weight is 194 g/mol. The SMILES string of the molecule is CC1=CCCN(CC2CCNC2C)C1. The summed E-state index contributed by atoms with van der Waals surface area (Å²) < 4.78 is 0. The van der Waals surface area contributed by atoms with Gasteiger partial charge in [0.15, 0.2) is 0 Å². The maximum absolute atomic E-state index is 3.53. The minimum atomic E-state index is 0.723. The van der Waals surface area contributed by atoms with E-state index in [0.29, 0.717) is 0 Å². The summed E-state index contributed by atoms with van der Waals surface area (Å²) in [6.45, 7) is 9.55. The molecule has 2 unspecified atom stereocenters. The van der Waals surface area contributed by atoms with E-state index in [9.17, 15) is 0 Å². The molecule has 1 N–H and O–H groups in total. The maximum Gasteiger partial charge on any atom is 0.0190 e. The van der Waals surface area contributed by atoms with E-state index in [1.165, 1.54) is 39.0 Å². The van der Waals surface area contributed by atoms with Gasteiger partial charge in [-0.05, 0) is 39.2 Å². The van der Waals surface area contributed by atoms with Crippen LogP contribution in [0, 0.1) is 5.92 Å². The smallest absolute Gasteiger partial charge is 0.0190 e. The van der Waals surface area contributed by atoms with Crippen LogP contribution in [0.25, 0.3) is 0 Å². The molecule has 0 saturated carbocycles. The van der Waals surface area contributed by atoms with Gasteiger partial charge in [-0.15, -0.1) is 0 Å². The van der Waals surface area contributed by atoms with Gasteiger partial charge in [0.05, 0.1) is 0 Å². The molecule has 2 rings (SSSR count). The highest BCUT2D eigenvalue weighted by atomic mass is 15.1. The first-order chi connectivity index (χ1) is 6.75. The van der Waals surface area contributed by atoms with Crippen molar-refractivity contribution in [2.24, 2.45) is 5.92 Å². The number of hydrogen-bond acceptors (Lipinski definition) is 2. The van der Waals surface area contributed by atoms with Crippen molar-refractivity contribution in [3.8, 4) is 0 Å². The normalized spacial score (nSPS) is 34.6. The zero-order valence-electron chi connectivity index (χ0n) is 9.42. The van der Waals surface area contributed by atoms with Gasteiger partial charge in [0.1, 0.15) is 0 Å². The third-order valence-electron chi connectivity index (χ3n) is 3.59. The Morgan fingerprint density at radius 3 is 3.07 bits per heavy atom. The summed E-state index contributed by atoms with van der Waals surface area (Å²) in [4.78, 5) is 2.61. The van der Waals surface area contributed by atoms with Crippen LogP contribution in [0.4, 0.5) is 0 Å². The van der Waals surface area contributed by atoms with E-state index < -0.39 is 0 Å². The molecule has 0 amide bonds. The molecule has 0 aromatic carbocycles.